The van der Waals surface area contributed by atoms with Crippen LogP contribution >= 0.6 is 0 Å². The van der Waals surface area contributed by atoms with Crippen molar-refractivity contribution in [2.24, 2.45) is 29.6 Å². The first-order valence-corrected chi connectivity index (χ1v) is 7.49. The van der Waals surface area contributed by atoms with E-state index in [0.717, 1.165) is 36.0 Å². The summed E-state index contributed by atoms with van der Waals surface area (Å²) in [6.45, 7) is 5.92. The maximum atomic E-state index is 11.3. The normalized spacial score (nSPS) is 40.8. The van der Waals surface area contributed by atoms with E-state index in [1.807, 2.05) is 0 Å². The van der Waals surface area contributed by atoms with Crippen molar-refractivity contribution >= 4 is 5.97 Å². The van der Waals surface area contributed by atoms with E-state index in [-0.39, 0.29) is 5.97 Å². The van der Waals surface area contributed by atoms with E-state index in [0.29, 0.717) is 12.2 Å². The summed E-state index contributed by atoms with van der Waals surface area (Å²) in [4.78, 5) is 11.3. The first kappa shape index (κ1) is 12.3. The Hall–Kier alpha value is -0.790. The van der Waals surface area contributed by atoms with Crippen molar-refractivity contribution < 1.29 is 9.53 Å². The summed E-state index contributed by atoms with van der Waals surface area (Å²) >= 11 is 0. The molecule has 5 atom stereocenters. The molecule has 18 heavy (non-hydrogen) atoms. The smallest absolute Gasteiger partial charge is 0.333 e. The van der Waals surface area contributed by atoms with Gasteiger partial charge in [0.15, 0.2) is 0 Å². The zero-order valence-electron chi connectivity index (χ0n) is 11.4. The van der Waals surface area contributed by atoms with Crippen LogP contribution in [0.4, 0.5) is 0 Å². The average molecular weight is 248 g/mol. The predicted octanol–water partition coefficient (Wildman–Crippen LogP) is 3.57. The number of carbonyl (C=O) groups excluding carboxylic acids is 1. The van der Waals surface area contributed by atoms with Crippen LogP contribution in [0.1, 0.15) is 45.4 Å². The topological polar surface area (TPSA) is 26.3 Å². The van der Waals surface area contributed by atoms with Gasteiger partial charge >= 0.3 is 5.97 Å². The van der Waals surface area contributed by atoms with Gasteiger partial charge in [-0.25, -0.2) is 4.79 Å². The second-order valence-corrected chi connectivity index (χ2v) is 6.62. The fraction of sp³-hybridized carbons (Fsp3) is 0.812. The number of rotatable bonds is 4. The lowest BCUT2D eigenvalue weighted by Gasteiger charge is -2.31. The Bertz CT molecular complexity index is 360. The fourth-order valence-corrected chi connectivity index (χ4v) is 4.97. The van der Waals surface area contributed by atoms with Crippen LogP contribution in [-0.2, 0) is 9.53 Å². The summed E-state index contributed by atoms with van der Waals surface area (Å²) in [5.41, 5.74) is 0.513. The van der Waals surface area contributed by atoms with Crippen molar-refractivity contribution in [3.05, 3.63) is 12.2 Å². The lowest BCUT2D eigenvalue weighted by atomic mass is 9.75. The molecular weight excluding hydrogens is 224 g/mol. The SMILES string of the molecule is C=C(C)C(=O)OCCC1CC2CC1C1CCCC21. The molecule has 0 aromatic rings. The van der Waals surface area contributed by atoms with Gasteiger partial charge in [-0.2, -0.15) is 0 Å². The number of fused-ring (bicyclic) bond motifs is 5. The molecule has 0 heterocycles. The van der Waals surface area contributed by atoms with Gasteiger partial charge in [0.25, 0.3) is 0 Å². The van der Waals surface area contributed by atoms with Crippen molar-refractivity contribution in [3.8, 4) is 0 Å². The van der Waals surface area contributed by atoms with E-state index in [4.69, 9.17) is 4.74 Å². The molecule has 0 spiro atoms. The van der Waals surface area contributed by atoms with E-state index in [1.165, 1.54) is 32.1 Å². The highest BCUT2D eigenvalue weighted by Gasteiger charge is 2.53. The van der Waals surface area contributed by atoms with Crippen LogP contribution < -0.4 is 0 Å². The van der Waals surface area contributed by atoms with E-state index < -0.39 is 0 Å². The van der Waals surface area contributed by atoms with E-state index in [9.17, 15) is 4.79 Å². The molecule has 3 aliphatic carbocycles. The minimum atomic E-state index is -0.225. The summed E-state index contributed by atoms with van der Waals surface area (Å²) < 4.78 is 5.25. The molecule has 3 fully saturated rings. The summed E-state index contributed by atoms with van der Waals surface area (Å²) in [6.07, 6.45) is 8.35. The number of carbonyl (C=O) groups is 1. The van der Waals surface area contributed by atoms with Crippen molar-refractivity contribution in [2.75, 3.05) is 6.61 Å². The van der Waals surface area contributed by atoms with Crippen molar-refractivity contribution in [3.63, 3.8) is 0 Å². The van der Waals surface area contributed by atoms with Gasteiger partial charge in [-0.05, 0) is 68.6 Å². The van der Waals surface area contributed by atoms with Gasteiger partial charge in [0, 0.05) is 5.57 Å². The van der Waals surface area contributed by atoms with Gasteiger partial charge in [0.05, 0.1) is 6.61 Å². The van der Waals surface area contributed by atoms with Gasteiger partial charge in [-0.3, -0.25) is 0 Å². The molecule has 0 amide bonds. The molecule has 100 valence electrons. The maximum absolute atomic E-state index is 11.3. The Balaban J connectivity index is 1.48. The highest BCUT2D eigenvalue weighted by molar-refractivity contribution is 5.86. The molecule has 0 radical (unpaired) electrons. The largest absolute Gasteiger partial charge is 0.462 e. The van der Waals surface area contributed by atoms with Gasteiger partial charge in [0.1, 0.15) is 0 Å². The molecule has 3 aliphatic rings. The molecular formula is C16H24O2. The molecule has 3 saturated carbocycles. The van der Waals surface area contributed by atoms with Gasteiger partial charge in [0.2, 0.25) is 0 Å². The summed E-state index contributed by atoms with van der Waals surface area (Å²) in [6, 6.07) is 0. The van der Waals surface area contributed by atoms with Crippen LogP contribution in [0.25, 0.3) is 0 Å². The molecule has 2 bridgehead atoms. The molecule has 2 heteroatoms. The second kappa shape index (κ2) is 4.71. The maximum Gasteiger partial charge on any atom is 0.333 e. The minimum Gasteiger partial charge on any atom is -0.462 e. The molecule has 0 saturated heterocycles. The standard InChI is InChI=1S/C16H24O2/c1-10(2)16(17)18-7-6-11-8-12-9-15(11)14-5-3-4-13(12)14/h11-15H,1,3-9H2,2H3. The van der Waals surface area contributed by atoms with Crippen LogP contribution in [0.5, 0.6) is 0 Å². The van der Waals surface area contributed by atoms with Crippen LogP contribution in [0, 0.1) is 29.6 Å². The Morgan fingerprint density at radius 2 is 2.00 bits per heavy atom. The lowest BCUT2D eigenvalue weighted by molar-refractivity contribution is -0.139. The first-order valence-electron chi connectivity index (χ1n) is 7.49. The number of hydrogen-bond donors (Lipinski definition) is 0. The highest BCUT2D eigenvalue weighted by atomic mass is 16.5. The summed E-state index contributed by atoms with van der Waals surface area (Å²) in [7, 11) is 0. The average Bonchev–Trinajstić information content (AvgIpc) is 3.00. The monoisotopic (exact) mass is 248 g/mol. The third-order valence-corrected chi connectivity index (χ3v) is 5.64. The van der Waals surface area contributed by atoms with Gasteiger partial charge in [-0.1, -0.05) is 13.0 Å². The van der Waals surface area contributed by atoms with Crippen LogP contribution in [-0.4, -0.2) is 12.6 Å². The quantitative estimate of drug-likeness (QED) is 0.561. The number of hydrogen-bond acceptors (Lipinski definition) is 2. The summed E-state index contributed by atoms with van der Waals surface area (Å²) in [5, 5.41) is 0. The number of ether oxygens (including phenoxy) is 1. The van der Waals surface area contributed by atoms with Gasteiger partial charge in [-0.15, -0.1) is 0 Å². The minimum absolute atomic E-state index is 0.225. The zero-order chi connectivity index (χ0) is 12.7. The van der Waals surface area contributed by atoms with Crippen LogP contribution in [0.3, 0.4) is 0 Å². The van der Waals surface area contributed by atoms with Gasteiger partial charge < -0.3 is 4.74 Å². The van der Waals surface area contributed by atoms with Crippen molar-refractivity contribution in [2.45, 2.75) is 45.4 Å². The van der Waals surface area contributed by atoms with Crippen LogP contribution in [0.15, 0.2) is 12.2 Å². The predicted molar refractivity (Wildman–Crippen MR) is 70.9 cm³/mol. The van der Waals surface area contributed by atoms with Crippen LogP contribution in [0.2, 0.25) is 0 Å². The third-order valence-electron chi connectivity index (χ3n) is 5.64. The molecule has 3 rings (SSSR count). The second-order valence-electron chi connectivity index (χ2n) is 6.62. The summed E-state index contributed by atoms with van der Waals surface area (Å²) in [5.74, 6) is 4.63. The van der Waals surface area contributed by atoms with E-state index in [2.05, 4.69) is 6.58 Å². The Morgan fingerprint density at radius 3 is 2.78 bits per heavy atom. The zero-order valence-corrected chi connectivity index (χ0v) is 11.4. The Labute approximate surface area is 110 Å². The molecule has 5 unspecified atom stereocenters. The van der Waals surface area contributed by atoms with Crippen molar-refractivity contribution in [1.82, 2.24) is 0 Å². The highest BCUT2D eigenvalue weighted by Crippen LogP contribution is 2.61. The Kier molecular flexibility index (Phi) is 3.21. The molecule has 0 aliphatic heterocycles. The first-order chi connectivity index (χ1) is 8.66. The number of esters is 1. The van der Waals surface area contributed by atoms with E-state index >= 15 is 0 Å². The molecule has 0 aromatic heterocycles. The fourth-order valence-electron chi connectivity index (χ4n) is 4.97. The Morgan fingerprint density at radius 1 is 1.22 bits per heavy atom. The lowest BCUT2D eigenvalue weighted by Crippen LogP contribution is -2.25. The van der Waals surface area contributed by atoms with Crippen molar-refractivity contribution in [1.29, 1.82) is 0 Å². The molecule has 0 N–H and O–H groups in total. The molecule has 2 nitrogen and oxygen atoms in total. The third kappa shape index (κ3) is 2.00. The van der Waals surface area contributed by atoms with E-state index in [1.54, 1.807) is 6.92 Å². The molecule has 0 aromatic carbocycles.